The number of aryl methyl sites for hydroxylation is 2. The van der Waals surface area contributed by atoms with Gasteiger partial charge in [-0.05, 0) is 57.5 Å². The molecule has 3 aromatic rings. The molecule has 0 saturated carbocycles. The zero-order valence-corrected chi connectivity index (χ0v) is 16.0. The average Bonchev–Trinajstić information content (AvgIpc) is 2.57. The van der Waals surface area contributed by atoms with Crippen molar-refractivity contribution in [1.82, 2.24) is 4.57 Å². The Labute approximate surface area is 157 Å². The van der Waals surface area contributed by atoms with E-state index < -0.39 is 5.91 Å². The predicted octanol–water partition coefficient (Wildman–Crippen LogP) is 5.10. The summed E-state index contributed by atoms with van der Waals surface area (Å²) in [7, 11) is 0. The van der Waals surface area contributed by atoms with Crippen LogP contribution in [0.5, 0.6) is 0 Å². The van der Waals surface area contributed by atoms with Crippen LogP contribution in [0.3, 0.4) is 0 Å². The molecular weight excluding hydrogens is 348 g/mol. The van der Waals surface area contributed by atoms with Gasteiger partial charge in [0.25, 0.3) is 5.91 Å². The van der Waals surface area contributed by atoms with Crippen molar-refractivity contribution in [2.24, 2.45) is 0 Å². The van der Waals surface area contributed by atoms with E-state index in [0.29, 0.717) is 16.1 Å². The van der Waals surface area contributed by atoms with Crippen LogP contribution in [0.2, 0.25) is 5.02 Å². The van der Waals surface area contributed by atoms with Crippen LogP contribution in [0.15, 0.2) is 47.4 Å². The zero-order chi connectivity index (χ0) is 19.0. The SMILES string of the molecule is Cc1ccc(NC(=O)c2cn(C(C)C)c3ccc(Cl)cc3c2=O)c(C)c1. The largest absolute Gasteiger partial charge is 0.344 e. The molecule has 4 nitrogen and oxygen atoms in total. The number of anilines is 1. The maximum absolute atomic E-state index is 12.9. The van der Waals surface area contributed by atoms with E-state index in [1.165, 1.54) is 0 Å². The molecule has 0 unspecified atom stereocenters. The molecule has 1 heterocycles. The maximum Gasteiger partial charge on any atom is 0.261 e. The molecule has 0 atom stereocenters. The molecule has 5 heteroatoms. The number of hydrogen-bond donors (Lipinski definition) is 1. The van der Waals surface area contributed by atoms with Gasteiger partial charge < -0.3 is 9.88 Å². The molecule has 134 valence electrons. The summed E-state index contributed by atoms with van der Waals surface area (Å²) < 4.78 is 1.92. The van der Waals surface area contributed by atoms with Crippen molar-refractivity contribution in [3.05, 3.63) is 74.5 Å². The third kappa shape index (κ3) is 3.37. The molecule has 0 radical (unpaired) electrons. The number of amides is 1. The molecule has 0 bridgehead atoms. The summed E-state index contributed by atoms with van der Waals surface area (Å²) in [5.74, 6) is -0.418. The van der Waals surface area contributed by atoms with E-state index >= 15 is 0 Å². The Kier molecular flexibility index (Phi) is 4.88. The van der Waals surface area contributed by atoms with Crippen LogP contribution >= 0.6 is 11.6 Å². The van der Waals surface area contributed by atoms with Gasteiger partial charge >= 0.3 is 0 Å². The second kappa shape index (κ2) is 6.96. The van der Waals surface area contributed by atoms with Gasteiger partial charge in [0.15, 0.2) is 0 Å². The molecule has 2 aromatic carbocycles. The maximum atomic E-state index is 12.9. The van der Waals surface area contributed by atoms with E-state index in [-0.39, 0.29) is 17.0 Å². The molecule has 0 aliphatic carbocycles. The van der Waals surface area contributed by atoms with Crippen molar-refractivity contribution >= 4 is 34.1 Å². The van der Waals surface area contributed by atoms with Gasteiger partial charge in [-0.1, -0.05) is 29.3 Å². The van der Waals surface area contributed by atoms with E-state index in [4.69, 9.17) is 11.6 Å². The van der Waals surface area contributed by atoms with E-state index in [2.05, 4.69) is 5.32 Å². The Balaban J connectivity index is 2.13. The lowest BCUT2D eigenvalue weighted by Crippen LogP contribution is -2.24. The quantitative estimate of drug-likeness (QED) is 0.698. The van der Waals surface area contributed by atoms with Crippen molar-refractivity contribution in [3.63, 3.8) is 0 Å². The Morgan fingerprint density at radius 3 is 2.50 bits per heavy atom. The van der Waals surface area contributed by atoms with Gasteiger partial charge in [0.05, 0.1) is 5.52 Å². The van der Waals surface area contributed by atoms with Crippen LogP contribution < -0.4 is 10.7 Å². The van der Waals surface area contributed by atoms with Crippen molar-refractivity contribution in [3.8, 4) is 0 Å². The summed E-state index contributed by atoms with van der Waals surface area (Å²) in [6, 6.07) is 11.0. The molecule has 1 amide bonds. The van der Waals surface area contributed by atoms with Gasteiger partial charge in [0.1, 0.15) is 5.56 Å². The highest BCUT2D eigenvalue weighted by Crippen LogP contribution is 2.22. The number of pyridine rings is 1. The number of nitrogens with one attached hydrogen (secondary N) is 1. The van der Waals surface area contributed by atoms with Gasteiger partial charge in [0, 0.05) is 28.3 Å². The lowest BCUT2D eigenvalue weighted by atomic mass is 10.1. The van der Waals surface area contributed by atoms with E-state index in [9.17, 15) is 9.59 Å². The molecule has 26 heavy (non-hydrogen) atoms. The summed E-state index contributed by atoms with van der Waals surface area (Å²) in [5.41, 5.74) is 3.31. The average molecular weight is 369 g/mol. The number of nitrogens with zero attached hydrogens (tertiary/aromatic N) is 1. The summed E-state index contributed by atoms with van der Waals surface area (Å²) >= 11 is 6.07. The third-order valence-corrected chi connectivity index (χ3v) is 4.66. The fourth-order valence-electron chi connectivity index (χ4n) is 3.06. The first kappa shape index (κ1) is 18.2. The molecule has 0 spiro atoms. The molecule has 3 rings (SSSR count). The van der Waals surface area contributed by atoms with Crippen molar-refractivity contribution in [1.29, 1.82) is 0 Å². The predicted molar refractivity (Wildman–Crippen MR) is 107 cm³/mol. The number of rotatable bonds is 3. The second-order valence-electron chi connectivity index (χ2n) is 6.81. The van der Waals surface area contributed by atoms with Gasteiger partial charge in [-0.2, -0.15) is 0 Å². The van der Waals surface area contributed by atoms with Crippen LogP contribution in [0.25, 0.3) is 10.9 Å². The fraction of sp³-hybridized carbons (Fsp3) is 0.238. The van der Waals surface area contributed by atoms with Crippen LogP contribution in [-0.2, 0) is 0 Å². The molecule has 1 aromatic heterocycles. The van der Waals surface area contributed by atoms with Crippen LogP contribution in [0.1, 0.15) is 41.4 Å². The molecule has 0 aliphatic rings. The number of fused-ring (bicyclic) bond motifs is 1. The monoisotopic (exact) mass is 368 g/mol. The summed E-state index contributed by atoms with van der Waals surface area (Å²) in [5, 5.41) is 3.77. The summed E-state index contributed by atoms with van der Waals surface area (Å²) in [6.07, 6.45) is 1.63. The smallest absolute Gasteiger partial charge is 0.261 e. The Morgan fingerprint density at radius 1 is 1.12 bits per heavy atom. The first-order chi connectivity index (χ1) is 12.3. The molecule has 0 aliphatic heterocycles. The Morgan fingerprint density at radius 2 is 1.85 bits per heavy atom. The van der Waals surface area contributed by atoms with Crippen molar-refractivity contribution < 1.29 is 4.79 Å². The summed E-state index contributed by atoms with van der Waals surface area (Å²) in [4.78, 5) is 25.7. The minimum absolute atomic E-state index is 0.0898. The number of benzene rings is 2. The lowest BCUT2D eigenvalue weighted by molar-refractivity contribution is 0.102. The van der Waals surface area contributed by atoms with E-state index in [1.54, 1.807) is 18.3 Å². The highest BCUT2D eigenvalue weighted by molar-refractivity contribution is 6.31. The second-order valence-corrected chi connectivity index (χ2v) is 7.24. The number of carbonyl (C=O) groups excluding carboxylic acids is 1. The Bertz CT molecular complexity index is 1070. The number of aromatic nitrogens is 1. The zero-order valence-electron chi connectivity index (χ0n) is 15.3. The van der Waals surface area contributed by atoms with Gasteiger partial charge in [-0.25, -0.2) is 0 Å². The molecule has 0 saturated heterocycles. The minimum atomic E-state index is -0.418. The van der Waals surface area contributed by atoms with Crippen LogP contribution in [-0.4, -0.2) is 10.5 Å². The van der Waals surface area contributed by atoms with E-state index in [1.807, 2.05) is 56.5 Å². The fourth-order valence-corrected chi connectivity index (χ4v) is 3.23. The van der Waals surface area contributed by atoms with E-state index in [0.717, 1.165) is 16.6 Å². The van der Waals surface area contributed by atoms with Gasteiger partial charge in [-0.3, -0.25) is 9.59 Å². The highest BCUT2D eigenvalue weighted by Gasteiger charge is 2.17. The third-order valence-electron chi connectivity index (χ3n) is 4.43. The topological polar surface area (TPSA) is 51.1 Å². The molecule has 0 fully saturated rings. The highest BCUT2D eigenvalue weighted by atomic mass is 35.5. The van der Waals surface area contributed by atoms with Crippen LogP contribution in [0.4, 0.5) is 5.69 Å². The summed E-state index contributed by atoms with van der Waals surface area (Å²) in [6.45, 7) is 7.93. The molecular formula is C21H21ClN2O2. The van der Waals surface area contributed by atoms with Gasteiger partial charge in [-0.15, -0.1) is 0 Å². The number of halogens is 1. The lowest BCUT2D eigenvalue weighted by Gasteiger charge is -2.17. The first-order valence-electron chi connectivity index (χ1n) is 8.51. The Hall–Kier alpha value is -2.59. The first-order valence-corrected chi connectivity index (χ1v) is 8.88. The number of hydrogen-bond acceptors (Lipinski definition) is 2. The van der Waals surface area contributed by atoms with Gasteiger partial charge in [0.2, 0.25) is 5.43 Å². The minimum Gasteiger partial charge on any atom is -0.344 e. The molecule has 1 N–H and O–H groups in total. The van der Waals surface area contributed by atoms with Crippen molar-refractivity contribution in [2.75, 3.05) is 5.32 Å². The van der Waals surface area contributed by atoms with Crippen LogP contribution in [0, 0.1) is 13.8 Å². The standard InChI is InChI=1S/C21H21ClN2O2/c1-12(2)24-11-17(20(25)16-10-15(22)6-8-19(16)24)21(26)23-18-7-5-13(3)9-14(18)4/h5-12H,1-4H3,(H,23,26). The number of carbonyl (C=O) groups is 1. The normalized spacial score (nSPS) is 11.2. The van der Waals surface area contributed by atoms with Crippen molar-refractivity contribution in [2.45, 2.75) is 33.7 Å².